The van der Waals surface area contributed by atoms with E-state index < -0.39 is 0 Å². The van der Waals surface area contributed by atoms with Crippen molar-refractivity contribution in [3.05, 3.63) is 23.9 Å². The average molecular weight is 259 g/mol. The molecule has 2 bridgehead atoms. The summed E-state index contributed by atoms with van der Waals surface area (Å²) in [5.41, 5.74) is 0.765. The quantitative estimate of drug-likeness (QED) is 0.903. The van der Waals surface area contributed by atoms with Crippen molar-refractivity contribution in [1.29, 1.82) is 0 Å². The Morgan fingerprint density at radius 1 is 1.53 bits per heavy atom. The van der Waals surface area contributed by atoms with Gasteiger partial charge in [-0.25, -0.2) is 4.98 Å². The maximum Gasteiger partial charge on any atom is 0.254 e. The summed E-state index contributed by atoms with van der Waals surface area (Å²) >= 11 is 0. The van der Waals surface area contributed by atoms with E-state index in [0.717, 1.165) is 36.8 Å². The molecule has 1 aliphatic carbocycles. The van der Waals surface area contributed by atoms with E-state index in [1.807, 2.05) is 12.1 Å². The normalized spacial score (nSPS) is 24.8. The Balaban J connectivity index is 1.72. The summed E-state index contributed by atoms with van der Waals surface area (Å²) in [5.74, 6) is 1.72. The second-order valence-electron chi connectivity index (χ2n) is 5.65. The van der Waals surface area contributed by atoms with Gasteiger partial charge >= 0.3 is 0 Å². The summed E-state index contributed by atoms with van der Waals surface area (Å²) in [6, 6.07) is 4.19. The molecule has 1 aliphatic heterocycles. The number of likely N-dealkylation sites (tertiary alicyclic amines) is 1. The minimum absolute atomic E-state index is 0.175. The molecule has 2 aliphatic rings. The third-order valence-corrected chi connectivity index (χ3v) is 4.23. The van der Waals surface area contributed by atoms with Crippen LogP contribution in [0.25, 0.3) is 0 Å². The van der Waals surface area contributed by atoms with E-state index in [1.54, 1.807) is 6.20 Å². The van der Waals surface area contributed by atoms with Gasteiger partial charge in [-0.05, 0) is 43.7 Å². The van der Waals surface area contributed by atoms with Crippen molar-refractivity contribution < 1.29 is 4.79 Å². The van der Waals surface area contributed by atoms with Gasteiger partial charge in [0.25, 0.3) is 5.91 Å². The van der Waals surface area contributed by atoms with Crippen LogP contribution in [-0.4, -0.2) is 34.9 Å². The summed E-state index contributed by atoms with van der Waals surface area (Å²) in [4.78, 5) is 18.8. The average Bonchev–Trinajstić information content (AvgIpc) is 3.07. The Kier molecular flexibility index (Phi) is 3.40. The molecule has 2 atom stereocenters. The highest BCUT2D eigenvalue weighted by Crippen LogP contribution is 2.38. The van der Waals surface area contributed by atoms with E-state index in [-0.39, 0.29) is 5.91 Å². The molecule has 1 saturated heterocycles. The number of piperidine rings is 1. The van der Waals surface area contributed by atoms with Gasteiger partial charge in [-0.1, -0.05) is 6.92 Å². The van der Waals surface area contributed by atoms with Crippen molar-refractivity contribution in [2.45, 2.75) is 38.6 Å². The molecule has 19 heavy (non-hydrogen) atoms. The molecule has 1 amide bonds. The van der Waals surface area contributed by atoms with Gasteiger partial charge in [-0.3, -0.25) is 4.79 Å². The number of nitrogens with one attached hydrogen (secondary N) is 1. The smallest absolute Gasteiger partial charge is 0.254 e. The van der Waals surface area contributed by atoms with Crippen LogP contribution in [0, 0.1) is 5.92 Å². The third-order valence-electron chi connectivity index (χ3n) is 4.23. The number of rotatable bonds is 4. The number of pyridine rings is 1. The molecule has 0 spiro atoms. The van der Waals surface area contributed by atoms with Crippen LogP contribution in [0.3, 0.4) is 0 Å². The zero-order valence-electron chi connectivity index (χ0n) is 11.4. The fraction of sp³-hybridized carbons (Fsp3) is 0.600. The van der Waals surface area contributed by atoms with Crippen molar-refractivity contribution in [3.8, 4) is 0 Å². The van der Waals surface area contributed by atoms with Gasteiger partial charge in [-0.2, -0.15) is 0 Å². The topological polar surface area (TPSA) is 45.2 Å². The minimum Gasteiger partial charge on any atom is -0.370 e. The molecule has 2 unspecified atom stereocenters. The first-order chi connectivity index (χ1) is 9.28. The Labute approximate surface area is 114 Å². The maximum atomic E-state index is 12.5. The standard InChI is InChI=1S/C15H21N3O/c1-2-6-16-14-9-12(5-7-17-14)15(19)18-10-11-3-4-13(18)8-11/h5,7,9,11,13H,2-4,6,8,10H2,1H3,(H,16,17). The van der Waals surface area contributed by atoms with Crippen LogP contribution < -0.4 is 5.32 Å². The number of hydrogen-bond donors (Lipinski definition) is 1. The number of aromatic nitrogens is 1. The van der Waals surface area contributed by atoms with Crippen molar-refractivity contribution in [2.24, 2.45) is 5.92 Å². The van der Waals surface area contributed by atoms with Gasteiger partial charge in [0.05, 0.1) is 0 Å². The highest BCUT2D eigenvalue weighted by Gasteiger charge is 2.40. The molecule has 1 aromatic heterocycles. The lowest BCUT2D eigenvalue weighted by molar-refractivity contribution is 0.0703. The lowest BCUT2D eigenvalue weighted by atomic mass is 10.1. The number of carbonyl (C=O) groups excluding carboxylic acids is 1. The highest BCUT2D eigenvalue weighted by molar-refractivity contribution is 5.95. The van der Waals surface area contributed by atoms with Gasteiger partial charge in [0.2, 0.25) is 0 Å². The molecular weight excluding hydrogens is 238 g/mol. The van der Waals surface area contributed by atoms with E-state index in [2.05, 4.69) is 22.1 Å². The summed E-state index contributed by atoms with van der Waals surface area (Å²) in [7, 11) is 0. The Bertz CT molecular complexity index is 474. The van der Waals surface area contributed by atoms with E-state index in [4.69, 9.17) is 0 Å². The first-order valence-electron chi connectivity index (χ1n) is 7.29. The predicted molar refractivity (Wildman–Crippen MR) is 75.2 cm³/mol. The van der Waals surface area contributed by atoms with Gasteiger partial charge in [0, 0.05) is 30.9 Å². The predicted octanol–water partition coefficient (Wildman–Crippen LogP) is 2.53. The van der Waals surface area contributed by atoms with Gasteiger partial charge in [0.15, 0.2) is 0 Å². The van der Waals surface area contributed by atoms with Crippen molar-refractivity contribution >= 4 is 11.7 Å². The summed E-state index contributed by atoms with van der Waals surface area (Å²) in [5, 5.41) is 3.23. The van der Waals surface area contributed by atoms with Gasteiger partial charge in [-0.15, -0.1) is 0 Å². The molecule has 0 radical (unpaired) electrons. The van der Waals surface area contributed by atoms with E-state index in [0.29, 0.717) is 6.04 Å². The zero-order chi connectivity index (χ0) is 13.2. The lowest BCUT2D eigenvalue weighted by Gasteiger charge is -2.27. The molecular formula is C15H21N3O. The molecule has 1 aromatic rings. The van der Waals surface area contributed by atoms with Crippen LogP contribution in [-0.2, 0) is 0 Å². The van der Waals surface area contributed by atoms with E-state index in [9.17, 15) is 4.79 Å². The first-order valence-corrected chi connectivity index (χ1v) is 7.29. The highest BCUT2D eigenvalue weighted by atomic mass is 16.2. The van der Waals surface area contributed by atoms with Crippen LogP contribution in [0.1, 0.15) is 43.0 Å². The van der Waals surface area contributed by atoms with Crippen LogP contribution in [0.5, 0.6) is 0 Å². The van der Waals surface area contributed by atoms with Crippen LogP contribution in [0.2, 0.25) is 0 Å². The largest absolute Gasteiger partial charge is 0.370 e. The second kappa shape index (κ2) is 5.19. The Hall–Kier alpha value is -1.58. The first kappa shape index (κ1) is 12.5. The molecule has 102 valence electrons. The second-order valence-corrected chi connectivity index (χ2v) is 5.65. The maximum absolute atomic E-state index is 12.5. The van der Waals surface area contributed by atoms with Crippen molar-refractivity contribution in [3.63, 3.8) is 0 Å². The number of hydrogen-bond acceptors (Lipinski definition) is 3. The zero-order valence-corrected chi connectivity index (χ0v) is 11.4. The van der Waals surface area contributed by atoms with Crippen molar-refractivity contribution in [1.82, 2.24) is 9.88 Å². The number of anilines is 1. The van der Waals surface area contributed by atoms with Crippen LogP contribution in [0.4, 0.5) is 5.82 Å². The van der Waals surface area contributed by atoms with Crippen LogP contribution >= 0.6 is 0 Å². The molecule has 2 heterocycles. The van der Waals surface area contributed by atoms with E-state index in [1.165, 1.54) is 19.3 Å². The lowest BCUT2D eigenvalue weighted by Crippen LogP contribution is -2.37. The molecule has 4 nitrogen and oxygen atoms in total. The summed E-state index contributed by atoms with van der Waals surface area (Å²) in [6.45, 7) is 3.95. The SMILES string of the molecule is CCCNc1cc(C(=O)N2CC3CCC2C3)ccn1. The summed E-state index contributed by atoms with van der Waals surface area (Å²) in [6.07, 6.45) is 6.46. The van der Waals surface area contributed by atoms with Gasteiger partial charge in [0.1, 0.15) is 5.82 Å². The number of amides is 1. The Morgan fingerprint density at radius 2 is 2.42 bits per heavy atom. The van der Waals surface area contributed by atoms with Crippen molar-refractivity contribution in [2.75, 3.05) is 18.4 Å². The molecule has 1 N–H and O–H groups in total. The molecule has 2 fully saturated rings. The number of fused-ring (bicyclic) bond motifs is 2. The fourth-order valence-corrected chi connectivity index (χ4v) is 3.25. The Morgan fingerprint density at radius 3 is 3.11 bits per heavy atom. The molecule has 3 rings (SSSR count). The molecule has 1 saturated carbocycles. The summed E-state index contributed by atoms with van der Waals surface area (Å²) < 4.78 is 0. The molecule has 0 aromatic carbocycles. The fourth-order valence-electron chi connectivity index (χ4n) is 3.25. The number of carbonyl (C=O) groups is 1. The minimum atomic E-state index is 0.175. The van der Waals surface area contributed by atoms with E-state index >= 15 is 0 Å². The monoisotopic (exact) mass is 259 g/mol. The molecule has 4 heteroatoms. The van der Waals surface area contributed by atoms with Gasteiger partial charge < -0.3 is 10.2 Å². The van der Waals surface area contributed by atoms with Crippen LogP contribution in [0.15, 0.2) is 18.3 Å². The number of nitrogens with zero attached hydrogens (tertiary/aromatic N) is 2. The third kappa shape index (κ3) is 2.44.